The van der Waals surface area contributed by atoms with Crippen LogP contribution < -0.4 is 10.0 Å². The fourth-order valence-corrected chi connectivity index (χ4v) is 4.14. The van der Waals surface area contributed by atoms with Crippen LogP contribution in [0.1, 0.15) is 31.9 Å². The maximum atomic E-state index is 12.1. The minimum absolute atomic E-state index is 0. The molecule has 29 heavy (non-hydrogen) atoms. The third-order valence-electron chi connectivity index (χ3n) is 5.00. The first kappa shape index (κ1) is 23.9. The van der Waals surface area contributed by atoms with Crippen molar-refractivity contribution in [3.63, 3.8) is 0 Å². The van der Waals surface area contributed by atoms with E-state index in [0.717, 1.165) is 29.6 Å². The molecule has 1 aliphatic carbocycles. The number of fused-ring (bicyclic) bond motifs is 1. The summed E-state index contributed by atoms with van der Waals surface area (Å²) >= 11 is 0. The molecule has 1 fully saturated rings. The van der Waals surface area contributed by atoms with Gasteiger partial charge in [-0.2, -0.15) is 0 Å². The molecule has 1 aromatic heterocycles. The molecule has 1 saturated carbocycles. The number of para-hydroxylation sites is 1. The SMILES string of the molecule is CCNC(=NCCS(=O)(=O)NCC1CCC1)N(C)Cc1cc2ccccc2o1.I. The van der Waals surface area contributed by atoms with Crippen molar-refractivity contribution in [3.8, 4) is 0 Å². The van der Waals surface area contributed by atoms with Gasteiger partial charge in [0.1, 0.15) is 11.3 Å². The molecule has 1 aromatic carbocycles. The molecule has 0 spiro atoms. The molecule has 1 heterocycles. The summed E-state index contributed by atoms with van der Waals surface area (Å²) < 4.78 is 32.9. The van der Waals surface area contributed by atoms with Gasteiger partial charge < -0.3 is 14.6 Å². The van der Waals surface area contributed by atoms with E-state index in [1.807, 2.05) is 49.2 Å². The van der Waals surface area contributed by atoms with Gasteiger partial charge in [0.15, 0.2) is 5.96 Å². The number of nitrogens with one attached hydrogen (secondary N) is 2. The number of rotatable bonds is 9. The van der Waals surface area contributed by atoms with Crippen molar-refractivity contribution < 1.29 is 12.8 Å². The van der Waals surface area contributed by atoms with Gasteiger partial charge in [-0.15, -0.1) is 24.0 Å². The van der Waals surface area contributed by atoms with Crippen LogP contribution in [0.25, 0.3) is 11.0 Å². The molecule has 0 bridgehead atoms. The lowest BCUT2D eigenvalue weighted by atomic mass is 9.86. The number of furan rings is 1. The number of hydrogen-bond acceptors (Lipinski definition) is 4. The zero-order chi connectivity index (χ0) is 20.0. The Bertz CT molecular complexity index is 876. The predicted molar refractivity (Wildman–Crippen MR) is 128 cm³/mol. The van der Waals surface area contributed by atoms with Gasteiger partial charge >= 0.3 is 0 Å². The van der Waals surface area contributed by atoms with E-state index in [2.05, 4.69) is 15.0 Å². The molecule has 0 saturated heterocycles. The number of sulfonamides is 1. The minimum atomic E-state index is -3.29. The molecule has 0 amide bonds. The second kappa shape index (κ2) is 11.2. The van der Waals surface area contributed by atoms with Crippen LogP contribution in [0.2, 0.25) is 0 Å². The topological polar surface area (TPSA) is 86.9 Å². The van der Waals surface area contributed by atoms with E-state index < -0.39 is 10.0 Å². The first-order valence-corrected chi connectivity index (χ1v) is 11.6. The normalized spacial score (nSPS) is 15.0. The molecule has 162 valence electrons. The largest absolute Gasteiger partial charge is 0.459 e. The summed E-state index contributed by atoms with van der Waals surface area (Å²) in [6.07, 6.45) is 3.45. The third kappa shape index (κ3) is 7.14. The van der Waals surface area contributed by atoms with Crippen molar-refractivity contribution in [1.29, 1.82) is 0 Å². The lowest BCUT2D eigenvalue weighted by molar-refractivity contribution is 0.316. The van der Waals surface area contributed by atoms with Crippen LogP contribution in [0.3, 0.4) is 0 Å². The highest BCUT2D eigenvalue weighted by Crippen LogP contribution is 2.25. The highest BCUT2D eigenvalue weighted by Gasteiger charge is 2.20. The first-order chi connectivity index (χ1) is 13.5. The van der Waals surface area contributed by atoms with Gasteiger partial charge in [0.05, 0.1) is 18.8 Å². The summed E-state index contributed by atoms with van der Waals surface area (Å²) in [5, 5.41) is 4.28. The van der Waals surface area contributed by atoms with Crippen molar-refractivity contribution >= 4 is 50.9 Å². The number of hydrogen-bond donors (Lipinski definition) is 2. The van der Waals surface area contributed by atoms with Crippen molar-refractivity contribution in [2.45, 2.75) is 32.7 Å². The van der Waals surface area contributed by atoms with Crippen LogP contribution in [0.4, 0.5) is 0 Å². The quantitative estimate of drug-likeness (QED) is 0.293. The summed E-state index contributed by atoms with van der Waals surface area (Å²) in [6.45, 7) is 4.01. The average molecular weight is 534 g/mol. The molecule has 7 nitrogen and oxygen atoms in total. The number of guanidine groups is 1. The Morgan fingerprint density at radius 2 is 2.07 bits per heavy atom. The molecule has 1 aliphatic rings. The Kier molecular flexibility index (Phi) is 9.22. The molecule has 0 radical (unpaired) electrons. The Balaban J connectivity index is 0.00000300. The van der Waals surface area contributed by atoms with E-state index in [4.69, 9.17) is 4.42 Å². The minimum Gasteiger partial charge on any atom is -0.459 e. The van der Waals surface area contributed by atoms with Gasteiger partial charge in [0, 0.05) is 25.5 Å². The molecule has 0 unspecified atom stereocenters. The standard InChI is InChI=1S/C20H30N4O3S.HI/c1-3-21-20(22-11-12-28(25,26)23-14-16-7-6-8-16)24(2)15-18-13-17-9-4-5-10-19(17)27-18;/h4-5,9-10,13,16,23H,3,6-8,11-12,14-15H2,1-2H3,(H,21,22);1H. The monoisotopic (exact) mass is 534 g/mol. The van der Waals surface area contributed by atoms with E-state index >= 15 is 0 Å². The van der Waals surface area contributed by atoms with Crippen LogP contribution in [-0.4, -0.2) is 51.7 Å². The number of benzene rings is 1. The smallest absolute Gasteiger partial charge is 0.213 e. The summed E-state index contributed by atoms with van der Waals surface area (Å²) in [4.78, 5) is 6.42. The lowest BCUT2D eigenvalue weighted by Gasteiger charge is -2.25. The predicted octanol–water partition coefficient (Wildman–Crippen LogP) is 3.17. The van der Waals surface area contributed by atoms with Gasteiger partial charge in [-0.25, -0.2) is 13.1 Å². The Morgan fingerprint density at radius 1 is 1.31 bits per heavy atom. The maximum absolute atomic E-state index is 12.1. The van der Waals surface area contributed by atoms with Crippen LogP contribution >= 0.6 is 24.0 Å². The van der Waals surface area contributed by atoms with Gasteiger partial charge in [0.25, 0.3) is 0 Å². The van der Waals surface area contributed by atoms with Crippen molar-refractivity contribution in [2.24, 2.45) is 10.9 Å². The van der Waals surface area contributed by atoms with Crippen LogP contribution in [0.15, 0.2) is 39.7 Å². The van der Waals surface area contributed by atoms with Gasteiger partial charge in [-0.1, -0.05) is 24.6 Å². The van der Waals surface area contributed by atoms with Crippen LogP contribution in [0.5, 0.6) is 0 Å². The molecular weight excluding hydrogens is 503 g/mol. The first-order valence-electron chi connectivity index (χ1n) is 9.91. The summed E-state index contributed by atoms with van der Waals surface area (Å²) in [6, 6.07) is 9.91. The Hall–Kier alpha value is -1.33. The summed E-state index contributed by atoms with van der Waals surface area (Å²) in [5.74, 6) is 2.00. The van der Waals surface area contributed by atoms with E-state index in [1.54, 1.807) is 0 Å². The van der Waals surface area contributed by atoms with Crippen molar-refractivity contribution in [1.82, 2.24) is 14.9 Å². The van der Waals surface area contributed by atoms with Crippen molar-refractivity contribution in [3.05, 3.63) is 36.1 Å². The van der Waals surface area contributed by atoms with Gasteiger partial charge in [-0.05, 0) is 37.8 Å². The number of halogens is 1. The molecule has 9 heteroatoms. The lowest BCUT2D eigenvalue weighted by Crippen LogP contribution is -2.39. The molecule has 2 aromatic rings. The van der Waals surface area contributed by atoms with Crippen LogP contribution in [-0.2, 0) is 16.6 Å². The molecule has 2 N–H and O–H groups in total. The zero-order valence-corrected chi connectivity index (χ0v) is 20.2. The Morgan fingerprint density at radius 3 is 2.72 bits per heavy atom. The third-order valence-corrected chi connectivity index (χ3v) is 6.33. The fraction of sp³-hybridized carbons (Fsp3) is 0.550. The van der Waals surface area contributed by atoms with Crippen molar-refractivity contribution in [2.75, 3.05) is 32.4 Å². The fourth-order valence-electron chi connectivity index (χ4n) is 3.18. The molecule has 0 aliphatic heterocycles. The highest BCUT2D eigenvalue weighted by molar-refractivity contribution is 14.0. The second-order valence-electron chi connectivity index (χ2n) is 7.31. The van der Waals surface area contributed by atoms with Gasteiger partial charge in [0.2, 0.25) is 10.0 Å². The van der Waals surface area contributed by atoms with E-state index in [1.165, 1.54) is 6.42 Å². The maximum Gasteiger partial charge on any atom is 0.213 e. The number of aliphatic imine (C=N–C) groups is 1. The molecule has 3 rings (SSSR count). The van der Waals surface area contributed by atoms with Gasteiger partial charge in [-0.3, -0.25) is 4.99 Å². The van der Waals surface area contributed by atoms with E-state index in [9.17, 15) is 8.42 Å². The van der Waals surface area contributed by atoms with E-state index in [0.29, 0.717) is 31.5 Å². The second-order valence-corrected chi connectivity index (χ2v) is 9.23. The highest BCUT2D eigenvalue weighted by atomic mass is 127. The number of nitrogens with zero attached hydrogens (tertiary/aromatic N) is 2. The molecular formula is C20H31IN4O3S. The summed E-state index contributed by atoms with van der Waals surface area (Å²) in [7, 11) is -1.37. The summed E-state index contributed by atoms with van der Waals surface area (Å²) in [5.41, 5.74) is 0.858. The molecule has 0 atom stereocenters. The van der Waals surface area contributed by atoms with Crippen LogP contribution in [0, 0.1) is 5.92 Å². The van der Waals surface area contributed by atoms with E-state index in [-0.39, 0.29) is 36.3 Å². The average Bonchev–Trinajstić information content (AvgIpc) is 3.01. The Labute approximate surface area is 190 Å². The zero-order valence-electron chi connectivity index (χ0n) is 17.1.